The monoisotopic (exact) mass is 294 g/mol. The topological polar surface area (TPSA) is 69.6 Å². The number of hydrogen-bond donors (Lipinski definition) is 2. The normalized spacial score (nSPS) is 9.65. The molecule has 2 N–H and O–H groups in total. The maximum Gasteiger partial charge on any atom is 0.337 e. The standard InChI is InChI=1S/C14H15ClN2O3/c1-3-7-17(8-4-2)14(20)16-12-6-5-10(15)9-11(12)13(18)19/h3-6,9H,1-2,7-8H2,(H,16,20)(H,18,19). The number of rotatable bonds is 6. The van der Waals surface area contributed by atoms with Gasteiger partial charge < -0.3 is 15.3 Å². The van der Waals surface area contributed by atoms with Crippen LogP contribution < -0.4 is 5.32 Å². The van der Waals surface area contributed by atoms with Gasteiger partial charge in [0.15, 0.2) is 0 Å². The second-order valence-corrected chi connectivity index (χ2v) is 4.34. The summed E-state index contributed by atoms with van der Waals surface area (Å²) >= 11 is 5.75. The summed E-state index contributed by atoms with van der Waals surface area (Å²) in [6, 6.07) is 3.80. The highest BCUT2D eigenvalue weighted by molar-refractivity contribution is 6.31. The summed E-state index contributed by atoms with van der Waals surface area (Å²) in [5, 5.41) is 11.9. The van der Waals surface area contributed by atoms with Gasteiger partial charge in [-0.1, -0.05) is 23.8 Å². The van der Waals surface area contributed by atoms with Crippen LogP contribution in [-0.4, -0.2) is 35.1 Å². The van der Waals surface area contributed by atoms with Crippen molar-refractivity contribution in [2.24, 2.45) is 0 Å². The van der Waals surface area contributed by atoms with Crippen LogP contribution in [0.25, 0.3) is 0 Å². The van der Waals surface area contributed by atoms with Gasteiger partial charge in [0.05, 0.1) is 11.3 Å². The maximum absolute atomic E-state index is 12.0. The fourth-order valence-electron chi connectivity index (χ4n) is 1.55. The fourth-order valence-corrected chi connectivity index (χ4v) is 1.72. The Kier molecular flexibility index (Phi) is 5.80. The van der Waals surface area contributed by atoms with Crippen molar-refractivity contribution >= 4 is 29.3 Å². The zero-order chi connectivity index (χ0) is 15.1. The summed E-state index contributed by atoms with van der Waals surface area (Å²) in [7, 11) is 0. The minimum atomic E-state index is -1.17. The van der Waals surface area contributed by atoms with Gasteiger partial charge in [0.1, 0.15) is 0 Å². The molecule has 0 aromatic heterocycles. The number of aromatic carboxylic acids is 1. The first-order chi connectivity index (χ1) is 9.49. The average Bonchev–Trinajstić information content (AvgIpc) is 2.40. The number of carboxylic acid groups (broad SMARTS) is 1. The molecule has 0 spiro atoms. The lowest BCUT2D eigenvalue weighted by Gasteiger charge is -2.20. The molecule has 0 saturated heterocycles. The molecule has 6 heteroatoms. The molecule has 1 rings (SSSR count). The predicted octanol–water partition coefficient (Wildman–Crippen LogP) is 3.24. The zero-order valence-electron chi connectivity index (χ0n) is 10.8. The first kappa shape index (κ1) is 15.8. The van der Waals surface area contributed by atoms with Crippen LogP contribution >= 0.6 is 11.6 Å². The number of urea groups is 1. The SMILES string of the molecule is C=CCN(CC=C)C(=O)Nc1ccc(Cl)cc1C(=O)O. The second kappa shape index (κ2) is 7.35. The number of anilines is 1. The van der Waals surface area contributed by atoms with E-state index in [1.807, 2.05) is 0 Å². The molecule has 0 saturated carbocycles. The van der Waals surface area contributed by atoms with Gasteiger partial charge in [-0.3, -0.25) is 0 Å². The maximum atomic E-state index is 12.0. The minimum absolute atomic E-state index is 0.0667. The molecule has 0 bridgehead atoms. The number of carbonyl (C=O) groups excluding carboxylic acids is 1. The van der Waals surface area contributed by atoms with Crippen molar-refractivity contribution < 1.29 is 14.7 Å². The van der Waals surface area contributed by atoms with Crippen molar-refractivity contribution in [1.29, 1.82) is 0 Å². The number of benzene rings is 1. The molecule has 0 aliphatic heterocycles. The van der Waals surface area contributed by atoms with E-state index >= 15 is 0 Å². The van der Waals surface area contributed by atoms with Crippen molar-refractivity contribution in [3.05, 3.63) is 54.1 Å². The van der Waals surface area contributed by atoms with Crippen LogP contribution in [0.2, 0.25) is 5.02 Å². The lowest BCUT2D eigenvalue weighted by molar-refractivity contribution is 0.0698. The molecule has 0 aliphatic rings. The van der Waals surface area contributed by atoms with Crippen molar-refractivity contribution in [1.82, 2.24) is 4.90 Å². The quantitative estimate of drug-likeness (QED) is 0.791. The van der Waals surface area contributed by atoms with E-state index in [2.05, 4.69) is 18.5 Å². The molecule has 20 heavy (non-hydrogen) atoms. The van der Waals surface area contributed by atoms with Gasteiger partial charge in [0.2, 0.25) is 0 Å². The number of nitrogens with zero attached hydrogens (tertiary/aromatic N) is 1. The number of amides is 2. The summed E-state index contributed by atoms with van der Waals surface area (Å²) in [5.74, 6) is -1.17. The third kappa shape index (κ3) is 4.13. The molecule has 0 radical (unpaired) electrons. The molecule has 1 aromatic carbocycles. The molecule has 5 nitrogen and oxygen atoms in total. The molecule has 106 valence electrons. The van der Waals surface area contributed by atoms with Gasteiger partial charge in [-0.05, 0) is 18.2 Å². The third-order valence-corrected chi connectivity index (χ3v) is 2.67. The highest BCUT2D eigenvalue weighted by atomic mass is 35.5. The lowest BCUT2D eigenvalue weighted by Crippen LogP contribution is -2.35. The van der Waals surface area contributed by atoms with Gasteiger partial charge in [0, 0.05) is 18.1 Å². The number of carbonyl (C=O) groups is 2. The molecule has 0 atom stereocenters. The number of halogens is 1. The van der Waals surface area contributed by atoms with Crippen LogP contribution in [0.4, 0.5) is 10.5 Å². The summed E-state index contributed by atoms with van der Waals surface area (Å²) < 4.78 is 0. The molecular formula is C14H15ClN2O3. The highest BCUT2D eigenvalue weighted by Gasteiger charge is 2.16. The largest absolute Gasteiger partial charge is 0.478 e. The first-order valence-corrected chi connectivity index (χ1v) is 6.18. The van der Waals surface area contributed by atoms with Gasteiger partial charge in [-0.25, -0.2) is 9.59 Å². The Morgan fingerprint density at radius 1 is 1.30 bits per heavy atom. The van der Waals surface area contributed by atoms with Crippen LogP contribution in [0, 0.1) is 0 Å². The van der Waals surface area contributed by atoms with E-state index in [9.17, 15) is 9.59 Å². The zero-order valence-corrected chi connectivity index (χ0v) is 11.6. The smallest absolute Gasteiger partial charge is 0.337 e. The third-order valence-electron chi connectivity index (χ3n) is 2.44. The predicted molar refractivity (Wildman–Crippen MR) is 79.4 cm³/mol. The Labute approximate surface area is 122 Å². The van der Waals surface area contributed by atoms with Crippen molar-refractivity contribution in [2.75, 3.05) is 18.4 Å². The molecule has 2 amide bonds. The van der Waals surface area contributed by atoms with Gasteiger partial charge >= 0.3 is 12.0 Å². The van der Waals surface area contributed by atoms with E-state index in [0.29, 0.717) is 13.1 Å². The van der Waals surface area contributed by atoms with Crippen LogP contribution in [0.5, 0.6) is 0 Å². The molecule has 0 aliphatic carbocycles. The summed E-state index contributed by atoms with van der Waals surface area (Å²) in [6.45, 7) is 7.78. The number of carboxylic acids is 1. The van der Waals surface area contributed by atoms with E-state index in [-0.39, 0.29) is 16.3 Å². The Bertz CT molecular complexity index is 533. The van der Waals surface area contributed by atoms with Gasteiger partial charge in [0.25, 0.3) is 0 Å². The van der Waals surface area contributed by atoms with Crippen LogP contribution in [-0.2, 0) is 0 Å². The van der Waals surface area contributed by atoms with E-state index in [4.69, 9.17) is 16.7 Å². The summed E-state index contributed by atoms with van der Waals surface area (Å²) in [6.07, 6.45) is 3.14. The van der Waals surface area contributed by atoms with E-state index in [0.717, 1.165) is 0 Å². The Morgan fingerprint density at radius 2 is 1.90 bits per heavy atom. The summed E-state index contributed by atoms with van der Waals surface area (Å²) in [4.78, 5) is 24.6. The van der Waals surface area contributed by atoms with E-state index in [1.165, 1.54) is 23.1 Å². The lowest BCUT2D eigenvalue weighted by atomic mass is 10.2. The van der Waals surface area contributed by atoms with E-state index in [1.54, 1.807) is 12.2 Å². The Balaban J connectivity index is 2.96. The van der Waals surface area contributed by atoms with Crippen LogP contribution in [0.3, 0.4) is 0 Å². The Hall–Kier alpha value is -2.27. The molecular weight excluding hydrogens is 280 g/mol. The Morgan fingerprint density at radius 3 is 2.40 bits per heavy atom. The molecule has 0 fully saturated rings. The van der Waals surface area contributed by atoms with E-state index < -0.39 is 12.0 Å². The number of hydrogen-bond acceptors (Lipinski definition) is 2. The summed E-state index contributed by atoms with van der Waals surface area (Å²) in [5.41, 5.74) is 0.119. The number of nitrogens with one attached hydrogen (secondary N) is 1. The van der Waals surface area contributed by atoms with Crippen LogP contribution in [0.15, 0.2) is 43.5 Å². The minimum Gasteiger partial charge on any atom is -0.478 e. The van der Waals surface area contributed by atoms with Crippen LogP contribution in [0.1, 0.15) is 10.4 Å². The van der Waals surface area contributed by atoms with Gasteiger partial charge in [-0.2, -0.15) is 0 Å². The molecule has 0 heterocycles. The van der Waals surface area contributed by atoms with Crippen molar-refractivity contribution in [3.8, 4) is 0 Å². The fraction of sp³-hybridized carbons (Fsp3) is 0.143. The highest BCUT2D eigenvalue weighted by Crippen LogP contribution is 2.21. The molecule has 0 unspecified atom stereocenters. The first-order valence-electron chi connectivity index (χ1n) is 5.80. The van der Waals surface area contributed by atoms with Gasteiger partial charge in [-0.15, -0.1) is 13.2 Å². The molecule has 1 aromatic rings. The second-order valence-electron chi connectivity index (χ2n) is 3.91. The average molecular weight is 295 g/mol. The van der Waals surface area contributed by atoms with Crippen molar-refractivity contribution in [2.45, 2.75) is 0 Å². The van der Waals surface area contributed by atoms with Crippen molar-refractivity contribution in [3.63, 3.8) is 0 Å².